The van der Waals surface area contributed by atoms with Crippen LogP contribution in [0, 0.1) is 16.0 Å². The van der Waals surface area contributed by atoms with Gasteiger partial charge in [-0.25, -0.2) is 0 Å². The Hall–Kier alpha value is -0.640. The van der Waals surface area contributed by atoms with Crippen molar-refractivity contribution in [1.29, 1.82) is 0 Å². The molecule has 13 heavy (non-hydrogen) atoms. The van der Waals surface area contributed by atoms with E-state index >= 15 is 0 Å². The normalized spacial score (nSPS) is 39.3. The minimum atomic E-state index is -0.229. The minimum Gasteiger partial charge on any atom is -0.300 e. The first-order valence-corrected chi connectivity index (χ1v) is 5.06. The van der Waals surface area contributed by atoms with Crippen LogP contribution in [0.3, 0.4) is 0 Å². The molecule has 0 N–H and O–H groups in total. The first-order valence-electron chi connectivity index (χ1n) is 5.06. The lowest BCUT2D eigenvalue weighted by Crippen LogP contribution is -2.30. The second-order valence-electron chi connectivity index (χ2n) is 4.33. The lowest BCUT2D eigenvalue weighted by molar-refractivity contribution is -0.498. The highest BCUT2D eigenvalue weighted by Gasteiger charge is 2.49. The van der Waals surface area contributed by atoms with Crippen LogP contribution >= 0.6 is 0 Å². The Morgan fingerprint density at radius 2 is 2.38 bits per heavy atom. The molecular formula is C9H16N2O2. The summed E-state index contributed by atoms with van der Waals surface area (Å²) in [6.45, 7) is 4.31. The van der Waals surface area contributed by atoms with Gasteiger partial charge in [-0.05, 0) is 26.3 Å². The maximum absolute atomic E-state index is 10.4. The zero-order chi connectivity index (χ0) is 9.42. The summed E-state index contributed by atoms with van der Waals surface area (Å²) in [5.74, 6) is 0.343. The van der Waals surface area contributed by atoms with Crippen LogP contribution in [0.15, 0.2) is 0 Å². The van der Waals surface area contributed by atoms with Crippen molar-refractivity contribution in [2.24, 2.45) is 5.92 Å². The van der Waals surface area contributed by atoms with Crippen molar-refractivity contribution in [3.63, 3.8) is 0 Å². The van der Waals surface area contributed by atoms with Gasteiger partial charge in [-0.15, -0.1) is 0 Å². The van der Waals surface area contributed by atoms with Gasteiger partial charge >= 0.3 is 0 Å². The van der Waals surface area contributed by atoms with E-state index in [-0.39, 0.29) is 11.0 Å². The molecule has 1 saturated carbocycles. The molecule has 2 fully saturated rings. The summed E-state index contributed by atoms with van der Waals surface area (Å²) in [6.07, 6.45) is 3.32. The predicted molar refractivity (Wildman–Crippen MR) is 49.2 cm³/mol. The lowest BCUT2D eigenvalue weighted by atomic mass is 10.2. The fourth-order valence-corrected chi connectivity index (χ4v) is 2.25. The van der Waals surface area contributed by atoms with Gasteiger partial charge in [-0.1, -0.05) is 0 Å². The topological polar surface area (TPSA) is 46.4 Å². The molecule has 3 atom stereocenters. The highest BCUT2D eigenvalue weighted by molar-refractivity contribution is 4.91. The van der Waals surface area contributed by atoms with E-state index in [0.29, 0.717) is 12.0 Å². The molecule has 4 heteroatoms. The van der Waals surface area contributed by atoms with Gasteiger partial charge in [0.05, 0.1) is 0 Å². The van der Waals surface area contributed by atoms with Crippen LogP contribution in [0.2, 0.25) is 0 Å². The van der Waals surface area contributed by atoms with Crippen LogP contribution < -0.4 is 0 Å². The van der Waals surface area contributed by atoms with Crippen molar-refractivity contribution >= 4 is 0 Å². The first kappa shape index (κ1) is 8.94. The highest BCUT2D eigenvalue weighted by Crippen LogP contribution is 2.35. The number of nitrogens with zero attached hydrogens (tertiary/aromatic N) is 2. The van der Waals surface area contributed by atoms with Gasteiger partial charge in [0.2, 0.25) is 6.04 Å². The molecule has 0 aromatic carbocycles. The van der Waals surface area contributed by atoms with E-state index in [1.807, 2.05) is 0 Å². The Labute approximate surface area is 78.1 Å². The molecule has 1 heterocycles. The molecule has 0 bridgehead atoms. The molecule has 74 valence electrons. The van der Waals surface area contributed by atoms with E-state index in [9.17, 15) is 10.1 Å². The van der Waals surface area contributed by atoms with Gasteiger partial charge < -0.3 is 4.90 Å². The second kappa shape index (κ2) is 3.25. The monoisotopic (exact) mass is 184 g/mol. The van der Waals surface area contributed by atoms with Crippen LogP contribution in [0.4, 0.5) is 0 Å². The summed E-state index contributed by atoms with van der Waals surface area (Å²) in [4.78, 5) is 12.7. The largest absolute Gasteiger partial charge is 0.300 e. The average Bonchev–Trinajstić information content (AvgIpc) is 2.72. The summed E-state index contributed by atoms with van der Waals surface area (Å²) in [6, 6.07) is 0.417. The molecule has 4 nitrogen and oxygen atoms in total. The van der Waals surface area contributed by atoms with Crippen molar-refractivity contribution in [3.8, 4) is 0 Å². The van der Waals surface area contributed by atoms with Gasteiger partial charge in [0, 0.05) is 29.8 Å². The maximum atomic E-state index is 10.4. The van der Waals surface area contributed by atoms with Crippen LogP contribution in [-0.4, -0.2) is 35.0 Å². The summed E-state index contributed by atoms with van der Waals surface area (Å²) in [7, 11) is 0. The number of hydrogen-bond donors (Lipinski definition) is 0. The molecule has 0 amide bonds. The lowest BCUT2D eigenvalue weighted by Gasteiger charge is -2.19. The minimum absolute atomic E-state index is 0.120. The van der Waals surface area contributed by atoms with E-state index in [1.165, 1.54) is 12.8 Å². The van der Waals surface area contributed by atoms with E-state index < -0.39 is 0 Å². The van der Waals surface area contributed by atoms with Crippen LogP contribution in [0.5, 0.6) is 0 Å². The van der Waals surface area contributed by atoms with Crippen LogP contribution in [0.25, 0.3) is 0 Å². The molecule has 0 radical (unpaired) electrons. The van der Waals surface area contributed by atoms with Crippen molar-refractivity contribution in [2.45, 2.75) is 38.3 Å². The number of likely N-dealkylation sites (tertiary alicyclic amines) is 1. The third-order valence-electron chi connectivity index (χ3n) is 3.32. The molecule has 1 aliphatic heterocycles. The molecule has 1 aliphatic carbocycles. The predicted octanol–water partition coefficient (Wildman–Crippen LogP) is 1.14. The number of hydrogen-bond acceptors (Lipinski definition) is 3. The second-order valence-corrected chi connectivity index (χ2v) is 4.33. The summed E-state index contributed by atoms with van der Waals surface area (Å²) in [5.41, 5.74) is 0. The van der Waals surface area contributed by atoms with E-state index in [2.05, 4.69) is 11.8 Å². The quantitative estimate of drug-likeness (QED) is 0.488. The fraction of sp³-hybridized carbons (Fsp3) is 1.00. The van der Waals surface area contributed by atoms with Gasteiger partial charge in [-0.3, -0.25) is 10.1 Å². The zero-order valence-corrected chi connectivity index (χ0v) is 7.98. The van der Waals surface area contributed by atoms with Crippen LogP contribution in [0.1, 0.15) is 26.2 Å². The Kier molecular flexibility index (Phi) is 2.24. The van der Waals surface area contributed by atoms with Gasteiger partial charge in [0.25, 0.3) is 0 Å². The SMILES string of the molecule is C[C@H]1CCCN1CC1CC1[N+](=O)[O-]. The van der Waals surface area contributed by atoms with Gasteiger partial charge in [-0.2, -0.15) is 0 Å². The van der Waals surface area contributed by atoms with E-state index in [1.54, 1.807) is 0 Å². The Morgan fingerprint density at radius 1 is 1.62 bits per heavy atom. The summed E-state index contributed by atoms with van der Waals surface area (Å²) >= 11 is 0. The first-order chi connectivity index (χ1) is 6.18. The van der Waals surface area contributed by atoms with E-state index in [0.717, 1.165) is 19.5 Å². The molecule has 0 aromatic rings. The standard InChI is InChI=1S/C9H16N2O2/c1-7-3-2-4-10(7)6-8-5-9(8)11(12)13/h7-9H,2-6H2,1H3/t7-,8?,9?/m0/s1. The Balaban J connectivity index is 1.77. The van der Waals surface area contributed by atoms with Crippen LogP contribution in [-0.2, 0) is 0 Å². The highest BCUT2D eigenvalue weighted by atomic mass is 16.6. The van der Waals surface area contributed by atoms with Gasteiger partial charge in [0.1, 0.15) is 0 Å². The third kappa shape index (κ3) is 1.82. The average molecular weight is 184 g/mol. The third-order valence-corrected chi connectivity index (χ3v) is 3.32. The maximum Gasteiger partial charge on any atom is 0.218 e. The molecule has 2 rings (SSSR count). The van der Waals surface area contributed by atoms with Crippen molar-refractivity contribution < 1.29 is 4.92 Å². The molecule has 0 aromatic heterocycles. The van der Waals surface area contributed by atoms with Crippen molar-refractivity contribution in [1.82, 2.24) is 4.90 Å². The zero-order valence-electron chi connectivity index (χ0n) is 7.98. The van der Waals surface area contributed by atoms with Gasteiger partial charge in [0.15, 0.2) is 0 Å². The van der Waals surface area contributed by atoms with Crippen molar-refractivity contribution in [2.75, 3.05) is 13.1 Å². The smallest absolute Gasteiger partial charge is 0.218 e. The number of rotatable bonds is 3. The van der Waals surface area contributed by atoms with E-state index in [4.69, 9.17) is 0 Å². The molecule has 2 aliphatic rings. The molecule has 0 spiro atoms. The Bertz CT molecular complexity index is 220. The fourth-order valence-electron chi connectivity index (χ4n) is 2.25. The molecule has 1 saturated heterocycles. The summed E-state index contributed by atoms with van der Waals surface area (Å²) in [5, 5.41) is 10.4. The van der Waals surface area contributed by atoms with Crippen molar-refractivity contribution in [3.05, 3.63) is 10.1 Å². The molecular weight excluding hydrogens is 168 g/mol. The molecule has 2 unspecified atom stereocenters. The summed E-state index contributed by atoms with van der Waals surface area (Å²) < 4.78 is 0. The number of nitro groups is 1. The Morgan fingerprint density at radius 3 is 2.85 bits per heavy atom.